The number of alkyl halides is 2. The Balaban J connectivity index is 1.42. The zero-order valence-corrected chi connectivity index (χ0v) is 18.7. The number of hydrogen-bond donors (Lipinski definition) is 0. The minimum Gasteiger partial charge on any atom is -0.457 e. The molecule has 0 spiro atoms. The van der Waals surface area contributed by atoms with E-state index in [2.05, 4.69) is 0 Å². The van der Waals surface area contributed by atoms with Crippen LogP contribution in [0.4, 0.5) is 8.78 Å². The van der Waals surface area contributed by atoms with Crippen LogP contribution < -0.4 is 4.74 Å². The summed E-state index contributed by atoms with van der Waals surface area (Å²) < 4.78 is 39.6. The second-order valence-corrected chi connectivity index (χ2v) is 8.76. The maximum atomic E-state index is 14.1. The Hall–Kier alpha value is -4.24. The number of nitrogens with zero attached hydrogens (tertiary/aromatic N) is 1. The first kappa shape index (κ1) is 22.5. The maximum Gasteiger partial charge on any atom is 0.318 e. The van der Waals surface area contributed by atoms with Gasteiger partial charge < -0.3 is 9.47 Å². The fraction of sp³-hybridized carbons (Fsp3) is 0.172. The van der Waals surface area contributed by atoms with Gasteiger partial charge in [-0.25, -0.2) is 8.78 Å². The van der Waals surface area contributed by atoms with E-state index < -0.39 is 36.3 Å². The fourth-order valence-electron chi connectivity index (χ4n) is 4.54. The molecule has 4 aromatic carbocycles. The van der Waals surface area contributed by atoms with Crippen molar-refractivity contribution in [2.45, 2.75) is 30.3 Å². The van der Waals surface area contributed by atoms with Crippen LogP contribution in [-0.2, 0) is 14.9 Å². The third-order valence-corrected chi connectivity index (χ3v) is 6.30. The Kier molecular flexibility index (Phi) is 5.70. The third-order valence-electron chi connectivity index (χ3n) is 6.30. The Morgan fingerprint density at radius 1 is 0.829 bits per heavy atom. The summed E-state index contributed by atoms with van der Waals surface area (Å²) in [5.74, 6) is -2.73. The molecule has 4 aromatic rings. The second-order valence-electron chi connectivity index (χ2n) is 8.76. The Morgan fingerprint density at radius 3 is 2.23 bits per heavy atom. The Morgan fingerprint density at radius 2 is 1.51 bits per heavy atom. The van der Waals surface area contributed by atoms with Gasteiger partial charge in [0, 0.05) is 18.4 Å². The largest absolute Gasteiger partial charge is 0.457 e. The van der Waals surface area contributed by atoms with Crippen LogP contribution >= 0.6 is 0 Å². The summed E-state index contributed by atoms with van der Waals surface area (Å²) in [7, 11) is 0. The lowest BCUT2D eigenvalue weighted by molar-refractivity contribution is -0.182. The number of benzene rings is 4. The van der Waals surface area contributed by atoms with Crippen LogP contribution in [0.1, 0.15) is 30.1 Å². The van der Waals surface area contributed by atoms with Crippen LogP contribution in [0, 0.1) is 11.3 Å². The molecule has 1 aliphatic rings. The van der Waals surface area contributed by atoms with Crippen molar-refractivity contribution >= 4 is 16.7 Å². The van der Waals surface area contributed by atoms with Gasteiger partial charge in [-0.1, -0.05) is 66.7 Å². The quantitative estimate of drug-likeness (QED) is 0.283. The van der Waals surface area contributed by atoms with Crippen molar-refractivity contribution in [2.24, 2.45) is 0 Å². The minimum absolute atomic E-state index is 0.397. The standard InChI is InChI=1S/C29H21F2NO3/c30-29(31)18-28(19-29,23-14-13-20-7-4-5-8-21(20)15-23)27(33)35-26(17-32)22-9-6-12-25(16-22)34-24-10-2-1-3-11-24/h1-16,26H,18-19H2. The van der Waals surface area contributed by atoms with Gasteiger partial charge in [0.15, 0.2) is 0 Å². The summed E-state index contributed by atoms with van der Waals surface area (Å²) >= 11 is 0. The number of esters is 1. The van der Waals surface area contributed by atoms with Crippen LogP contribution in [0.15, 0.2) is 97.1 Å². The molecule has 1 atom stereocenters. The molecular formula is C29H21F2NO3. The lowest BCUT2D eigenvalue weighted by Crippen LogP contribution is -2.55. The molecule has 1 saturated carbocycles. The molecule has 35 heavy (non-hydrogen) atoms. The second kappa shape index (κ2) is 8.84. The highest BCUT2D eigenvalue weighted by Gasteiger charge is 2.63. The first-order valence-electron chi connectivity index (χ1n) is 11.2. The molecule has 0 N–H and O–H groups in total. The molecule has 0 radical (unpaired) electrons. The van der Waals surface area contributed by atoms with Crippen molar-refractivity contribution in [3.8, 4) is 17.6 Å². The number of rotatable bonds is 6. The van der Waals surface area contributed by atoms with Gasteiger partial charge in [0.1, 0.15) is 23.0 Å². The first-order valence-corrected chi connectivity index (χ1v) is 11.2. The van der Waals surface area contributed by atoms with Gasteiger partial charge in [-0.05, 0) is 46.7 Å². The van der Waals surface area contributed by atoms with Gasteiger partial charge in [-0.2, -0.15) is 5.26 Å². The van der Waals surface area contributed by atoms with Crippen molar-refractivity contribution in [3.63, 3.8) is 0 Å². The molecule has 1 unspecified atom stereocenters. The van der Waals surface area contributed by atoms with Crippen molar-refractivity contribution in [1.82, 2.24) is 0 Å². The minimum atomic E-state index is -2.98. The van der Waals surface area contributed by atoms with Gasteiger partial charge in [0.05, 0.1) is 0 Å². The fourth-order valence-corrected chi connectivity index (χ4v) is 4.54. The van der Waals surface area contributed by atoms with E-state index in [0.29, 0.717) is 22.6 Å². The number of halogens is 2. The molecule has 0 amide bonds. The van der Waals surface area contributed by atoms with Crippen LogP contribution in [0.25, 0.3) is 10.8 Å². The predicted octanol–water partition coefficient (Wildman–Crippen LogP) is 7.11. The van der Waals surface area contributed by atoms with Gasteiger partial charge in [0.2, 0.25) is 6.10 Å². The van der Waals surface area contributed by atoms with Gasteiger partial charge in [-0.15, -0.1) is 0 Å². The van der Waals surface area contributed by atoms with E-state index in [0.717, 1.165) is 10.8 Å². The molecule has 6 heteroatoms. The average Bonchev–Trinajstić information content (AvgIpc) is 2.86. The molecule has 174 valence electrons. The highest BCUT2D eigenvalue weighted by atomic mass is 19.3. The monoisotopic (exact) mass is 469 g/mol. The first-order chi connectivity index (χ1) is 16.9. The Labute approximate surface area is 201 Å². The third kappa shape index (κ3) is 4.45. The molecule has 0 heterocycles. The number of hydrogen-bond acceptors (Lipinski definition) is 4. The van der Waals surface area contributed by atoms with E-state index in [4.69, 9.17) is 9.47 Å². The lowest BCUT2D eigenvalue weighted by Gasteiger charge is -2.45. The predicted molar refractivity (Wildman–Crippen MR) is 127 cm³/mol. The molecule has 4 nitrogen and oxygen atoms in total. The summed E-state index contributed by atoms with van der Waals surface area (Å²) in [6.45, 7) is 0. The van der Waals surface area contributed by atoms with Gasteiger partial charge in [0.25, 0.3) is 5.92 Å². The summed E-state index contributed by atoms with van der Waals surface area (Å²) in [5, 5.41) is 11.5. The number of fused-ring (bicyclic) bond motifs is 1. The average molecular weight is 469 g/mol. The molecular weight excluding hydrogens is 448 g/mol. The molecule has 0 bridgehead atoms. The molecule has 5 rings (SSSR count). The summed E-state index contributed by atoms with van der Waals surface area (Å²) in [4.78, 5) is 13.4. The van der Waals surface area contributed by atoms with E-state index >= 15 is 0 Å². The van der Waals surface area contributed by atoms with Crippen LogP contribution in [0.5, 0.6) is 11.5 Å². The molecule has 1 fully saturated rings. The van der Waals surface area contributed by atoms with Gasteiger partial charge >= 0.3 is 5.97 Å². The summed E-state index contributed by atoms with van der Waals surface area (Å²) in [6, 6.07) is 30.5. The molecule has 1 aliphatic carbocycles. The zero-order valence-electron chi connectivity index (χ0n) is 18.7. The SMILES string of the molecule is N#CC(OC(=O)C1(c2ccc3ccccc3c2)CC(F)(F)C1)c1cccc(Oc2ccccc2)c1. The normalized spacial score (nSPS) is 16.5. The summed E-state index contributed by atoms with van der Waals surface area (Å²) in [6.07, 6.45) is -2.59. The number of nitriles is 1. The number of ether oxygens (including phenoxy) is 2. The van der Waals surface area contributed by atoms with Crippen LogP contribution in [0.2, 0.25) is 0 Å². The zero-order chi connectivity index (χ0) is 24.5. The smallest absolute Gasteiger partial charge is 0.318 e. The van der Waals surface area contributed by atoms with Crippen molar-refractivity contribution in [3.05, 3.63) is 108 Å². The number of carbonyl (C=O) groups excluding carboxylic acids is 1. The molecule has 0 aromatic heterocycles. The van der Waals surface area contributed by atoms with Gasteiger partial charge in [-0.3, -0.25) is 4.79 Å². The molecule has 0 saturated heterocycles. The van der Waals surface area contributed by atoms with E-state index in [1.807, 2.05) is 54.6 Å². The van der Waals surface area contributed by atoms with E-state index in [-0.39, 0.29) is 0 Å². The molecule has 0 aliphatic heterocycles. The van der Waals surface area contributed by atoms with Crippen molar-refractivity contribution in [1.29, 1.82) is 5.26 Å². The van der Waals surface area contributed by atoms with E-state index in [1.165, 1.54) is 0 Å². The van der Waals surface area contributed by atoms with Crippen molar-refractivity contribution < 1.29 is 23.0 Å². The highest BCUT2D eigenvalue weighted by molar-refractivity contribution is 5.89. The van der Waals surface area contributed by atoms with Crippen LogP contribution in [0.3, 0.4) is 0 Å². The number of carbonyl (C=O) groups is 1. The van der Waals surface area contributed by atoms with Crippen molar-refractivity contribution in [2.75, 3.05) is 0 Å². The Bertz CT molecular complexity index is 1420. The lowest BCUT2D eigenvalue weighted by atomic mass is 9.62. The maximum absolute atomic E-state index is 14.1. The summed E-state index contributed by atoms with van der Waals surface area (Å²) in [5.41, 5.74) is -0.653. The van der Waals surface area contributed by atoms with Crippen LogP contribution in [-0.4, -0.2) is 11.9 Å². The topological polar surface area (TPSA) is 59.3 Å². The van der Waals surface area contributed by atoms with E-state index in [9.17, 15) is 18.8 Å². The highest BCUT2D eigenvalue weighted by Crippen LogP contribution is 2.55. The number of para-hydroxylation sites is 1. The van der Waals surface area contributed by atoms with E-state index in [1.54, 1.807) is 48.5 Å².